The van der Waals surface area contributed by atoms with Crippen LogP contribution < -0.4 is 0 Å². The molecule has 2 atom stereocenters. The molecule has 16 heavy (non-hydrogen) atoms. The van der Waals surface area contributed by atoms with E-state index in [1.807, 2.05) is 27.7 Å². The molecule has 0 amide bonds. The molecule has 5 nitrogen and oxygen atoms in total. The molecule has 0 radical (unpaired) electrons. The van der Waals surface area contributed by atoms with Gasteiger partial charge >= 0.3 is 0 Å². The maximum atomic E-state index is 9.91. The number of ether oxygens (including phenoxy) is 2. The number of rotatable bonds is 8. The molecule has 0 rings (SSSR count). The number of hydrogen-bond acceptors (Lipinski definition) is 5. The molecule has 0 fully saturated rings. The Morgan fingerprint density at radius 2 is 1.69 bits per heavy atom. The zero-order valence-electron chi connectivity index (χ0n) is 10.5. The van der Waals surface area contributed by atoms with E-state index in [1.54, 1.807) is 0 Å². The minimum Gasteiger partial charge on any atom is -0.394 e. The maximum absolute atomic E-state index is 9.91. The van der Waals surface area contributed by atoms with E-state index < -0.39 is 18.5 Å². The summed E-state index contributed by atoms with van der Waals surface area (Å²) in [5, 5.41) is 28.1. The second kappa shape index (κ2) is 7.19. The van der Waals surface area contributed by atoms with Crippen molar-refractivity contribution >= 4 is 0 Å². The fourth-order valence-corrected chi connectivity index (χ4v) is 1.08. The van der Waals surface area contributed by atoms with E-state index in [4.69, 9.17) is 19.7 Å². The average Bonchev–Trinajstić information content (AvgIpc) is 2.23. The van der Waals surface area contributed by atoms with E-state index >= 15 is 0 Å². The molecule has 2 unspecified atom stereocenters. The van der Waals surface area contributed by atoms with Gasteiger partial charge in [0.1, 0.15) is 6.61 Å². The highest BCUT2D eigenvalue weighted by Gasteiger charge is 2.32. The number of aliphatic hydroxyl groups excluding tert-OH is 2. The van der Waals surface area contributed by atoms with Crippen LogP contribution in [0, 0.1) is 5.92 Å². The summed E-state index contributed by atoms with van der Waals surface area (Å²) in [5.74, 6) is -1.70. The lowest BCUT2D eigenvalue weighted by Gasteiger charge is -2.32. The van der Waals surface area contributed by atoms with Crippen LogP contribution in [0.4, 0.5) is 0 Å². The maximum Gasteiger partial charge on any atom is 0.213 e. The summed E-state index contributed by atoms with van der Waals surface area (Å²) < 4.78 is 10.5. The molecule has 0 bridgehead atoms. The molecular weight excluding hydrogens is 212 g/mol. The third kappa shape index (κ3) is 5.77. The Morgan fingerprint density at radius 1 is 1.12 bits per heavy atom. The van der Waals surface area contributed by atoms with Gasteiger partial charge in [-0.3, -0.25) is 0 Å². The summed E-state index contributed by atoms with van der Waals surface area (Å²) in [5.41, 5.74) is 0. The highest BCUT2D eigenvalue weighted by atomic mass is 16.7. The van der Waals surface area contributed by atoms with Crippen molar-refractivity contribution in [3.63, 3.8) is 0 Å². The molecule has 0 aromatic rings. The van der Waals surface area contributed by atoms with Gasteiger partial charge in [0.25, 0.3) is 0 Å². The molecule has 98 valence electrons. The molecule has 0 heterocycles. The van der Waals surface area contributed by atoms with Crippen LogP contribution in [-0.2, 0) is 9.47 Å². The average molecular weight is 236 g/mol. The van der Waals surface area contributed by atoms with Gasteiger partial charge in [-0.05, 0) is 19.8 Å². The zero-order valence-corrected chi connectivity index (χ0v) is 10.5. The first-order valence-corrected chi connectivity index (χ1v) is 5.58. The summed E-state index contributed by atoms with van der Waals surface area (Å²) in [7, 11) is 0. The molecule has 0 spiro atoms. The normalized spacial score (nSPS) is 17.8. The third-order valence-corrected chi connectivity index (χ3v) is 2.18. The summed E-state index contributed by atoms with van der Waals surface area (Å²) in [4.78, 5) is 0. The molecule has 0 saturated carbocycles. The fraction of sp³-hybridized carbons (Fsp3) is 1.00. The van der Waals surface area contributed by atoms with Gasteiger partial charge in [-0.1, -0.05) is 13.8 Å². The van der Waals surface area contributed by atoms with Crippen LogP contribution >= 0.6 is 0 Å². The van der Waals surface area contributed by atoms with Gasteiger partial charge in [0, 0.05) is 0 Å². The summed E-state index contributed by atoms with van der Waals surface area (Å²) in [6.45, 7) is 6.48. The van der Waals surface area contributed by atoms with Crippen LogP contribution in [0.1, 0.15) is 27.7 Å². The molecule has 5 heteroatoms. The van der Waals surface area contributed by atoms with Crippen molar-refractivity contribution in [1.82, 2.24) is 0 Å². The number of aliphatic hydroxyl groups is 3. The smallest absolute Gasteiger partial charge is 0.213 e. The van der Waals surface area contributed by atoms with E-state index in [0.29, 0.717) is 0 Å². The first-order valence-electron chi connectivity index (χ1n) is 5.58. The summed E-state index contributed by atoms with van der Waals surface area (Å²) in [6, 6.07) is 0. The van der Waals surface area contributed by atoms with Gasteiger partial charge in [-0.25, -0.2) is 0 Å². The second-order valence-electron chi connectivity index (χ2n) is 4.55. The fourth-order valence-electron chi connectivity index (χ4n) is 1.08. The highest BCUT2D eigenvalue weighted by Crippen LogP contribution is 2.16. The Balaban J connectivity index is 4.33. The van der Waals surface area contributed by atoms with Gasteiger partial charge in [0.15, 0.2) is 0 Å². The topological polar surface area (TPSA) is 79.2 Å². The van der Waals surface area contributed by atoms with E-state index in [2.05, 4.69) is 0 Å². The van der Waals surface area contributed by atoms with Gasteiger partial charge in [-0.15, -0.1) is 0 Å². The van der Waals surface area contributed by atoms with Crippen molar-refractivity contribution in [2.75, 3.05) is 19.8 Å². The van der Waals surface area contributed by atoms with Crippen molar-refractivity contribution in [2.24, 2.45) is 5.92 Å². The molecule has 0 aromatic carbocycles. The third-order valence-electron chi connectivity index (χ3n) is 2.18. The lowest BCUT2D eigenvalue weighted by atomic mass is 10.1. The molecule has 0 aliphatic heterocycles. The van der Waals surface area contributed by atoms with Crippen molar-refractivity contribution in [1.29, 1.82) is 0 Å². The van der Waals surface area contributed by atoms with Crippen LogP contribution in [0.5, 0.6) is 0 Å². The Kier molecular flexibility index (Phi) is 7.10. The summed E-state index contributed by atoms with van der Waals surface area (Å²) in [6.07, 6.45) is -0.582. The zero-order chi connectivity index (χ0) is 12.8. The first kappa shape index (κ1) is 15.8. The van der Waals surface area contributed by atoms with Crippen LogP contribution in [0.2, 0.25) is 0 Å². The lowest BCUT2D eigenvalue weighted by molar-refractivity contribution is -0.283. The van der Waals surface area contributed by atoms with Crippen molar-refractivity contribution in [3.05, 3.63) is 0 Å². The Hall–Kier alpha value is -0.200. The first-order chi connectivity index (χ1) is 7.34. The van der Waals surface area contributed by atoms with E-state index in [-0.39, 0.29) is 25.2 Å². The van der Waals surface area contributed by atoms with Crippen LogP contribution in [0.3, 0.4) is 0 Å². The quantitative estimate of drug-likeness (QED) is 0.522. The van der Waals surface area contributed by atoms with Gasteiger partial charge in [-0.2, -0.15) is 0 Å². The minimum absolute atomic E-state index is 0.0436. The van der Waals surface area contributed by atoms with Crippen LogP contribution in [0.25, 0.3) is 0 Å². The Labute approximate surface area is 97.0 Å². The van der Waals surface area contributed by atoms with E-state index in [1.165, 1.54) is 0 Å². The van der Waals surface area contributed by atoms with Crippen molar-refractivity contribution in [3.8, 4) is 0 Å². The van der Waals surface area contributed by atoms with E-state index in [9.17, 15) is 5.11 Å². The lowest BCUT2D eigenvalue weighted by Crippen LogP contribution is -2.47. The highest BCUT2D eigenvalue weighted by molar-refractivity contribution is 4.71. The molecule has 3 N–H and O–H groups in total. The molecule has 0 aliphatic rings. The van der Waals surface area contributed by atoms with Crippen molar-refractivity contribution in [2.45, 2.75) is 45.7 Å². The molecule has 0 saturated heterocycles. The van der Waals surface area contributed by atoms with Crippen LogP contribution in [-0.4, -0.2) is 53.1 Å². The standard InChI is InChI=1S/C11H24O5/c1-8(2)10(5-12)16-11(14,6-13)7-15-9(3)4/h8-10,12-14H,5-7H2,1-4H3. The number of hydrogen-bond donors (Lipinski definition) is 3. The van der Waals surface area contributed by atoms with E-state index in [0.717, 1.165) is 0 Å². The minimum atomic E-state index is -1.75. The predicted octanol–water partition coefficient (Wildman–Crippen LogP) is 0.126. The van der Waals surface area contributed by atoms with Crippen LogP contribution in [0.15, 0.2) is 0 Å². The monoisotopic (exact) mass is 236 g/mol. The molecule has 0 aromatic heterocycles. The van der Waals surface area contributed by atoms with Gasteiger partial charge in [0.05, 0.1) is 25.4 Å². The molecular formula is C11H24O5. The molecule has 0 aliphatic carbocycles. The largest absolute Gasteiger partial charge is 0.394 e. The second-order valence-corrected chi connectivity index (χ2v) is 4.55. The predicted molar refractivity (Wildman–Crippen MR) is 59.9 cm³/mol. The van der Waals surface area contributed by atoms with Gasteiger partial charge < -0.3 is 24.8 Å². The summed E-state index contributed by atoms with van der Waals surface area (Å²) >= 11 is 0. The Bertz CT molecular complexity index is 183. The van der Waals surface area contributed by atoms with Crippen molar-refractivity contribution < 1.29 is 24.8 Å². The SMILES string of the molecule is CC(C)OCC(O)(CO)OC(CO)C(C)C. The Morgan fingerprint density at radius 3 is 2.00 bits per heavy atom. The van der Waals surface area contributed by atoms with Gasteiger partial charge in [0.2, 0.25) is 5.79 Å².